The molecular formula is C12H18ClN5O. The first-order chi connectivity index (χ1) is 9.10. The van der Waals surface area contributed by atoms with E-state index < -0.39 is 0 Å². The molecule has 3 N–H and O–H groups in total. The third-order valence-electron chi connectivity index (χ3n) is 3.26. The number of nitrogen functional groups attached to an aromatic ring is 1. The molecule has 0 saturated carbocycles. The van der Waals surface area contributed by atoms with Crippen LogP contribution in [0, 0.1) is 0 Å². The second-order valence-electron chi connectivity index (χ2n) is 4.55. The van der Waals surface area contributed by atoms with Crippen molar-refractivity contribution in [3.8, 4) is 0 Å². The predicted octanol–water partition coefficient (Wildman–Crippen LogP) is 0.685. The highest BCUT2D eigenvalue weighted by molar-refractivity contribution is 6.31. The number of hydrogen-bond acceptors (Lipinski definition) is 5. The third kappa shape index (κ3) is 3.56. The lowest BCUT2D eigenvalue weighted by molar-refractivity contribution is -0.130. The third-order valence-corrected chi connectivity index (χ3v) is 3.60. The molecule has 0 atom stereocenters. The summed E-state index contributed by atoms with van der Waals surface area (Å²) in [5, 5.41) is 0.632. The maximum Gasteiger partial charge on any atom is 0.219 e. The van der Waals surface area contributed by atoms with Crippen molar-refractivity contribution in [2.24, 2.45) is 5.84 Å². The van der Waals surface area contributed by atoms with Crippen molar-refractivity contribution in [1.82, 2.24) is 14.8 Å². The second-order valence-corrected chi connectivity index (χ2v) is 4.96. The average molecular weight is 284 g/mol. The number of aromatic nitrogens is 1. The first-order valence-electron chi connectivity index (χ1n) is 6.20. The molecule has 1 saturated heterocycles. The van der Waals surface area contributed by atoms with Gasteiger partial charge in [0.05, 0.1) is 10.7 Å². The zero-order chi connectivity index (χ0) is 13.8. The van der Waals surface area contributed by atoms with Gasteiger partial charge in [-0.05, 0) is 12.1 Å². The maximum atomic E-state index is 11.3. The first kappa shape index (κ1) is 14.0. The van der Waals surface area contributed by atoms with Gasteiger partial charge in [0.1, 0.15) is 5.82 Å². The van der Waals surface area contributed by atoms with E-state index in [1.807, 2.05) is 4.90 Å². The maximum absolute atomic E-state index is 11.3. The van der Waals surface area contributed by atoms with E-state index in [9.17, 15) is 4.79 Å². The van der Waals surface area contributed by atoms with Crippen LogP contribution in [-0.2, 0) is 11.3 Å². The number of carbonyl (C=O) groups excluding carboxylic acids is 1. The van der Waals surface area contributed by atoms with Crippen LogP contribution in [0.2, 0.25) is 5.02 Å². The molecule has 1 aromatic heterocycles. The minimum absolute atomic E-state index is 0.130. The molecule has 1 aliphatic heterocycles. The summed E-state index contributed by atoms with van der Waals surface area (Å²) >= 11 is 6.13. The van der Waals surface area contributed by atoms with Gasteiger partial charge in [-0.1, -0.05) is 11.6 Å². The zero-order valence-corrected chi connectivity index (χ0v) is 11.7. The Morgan fingerprint density at radius 2 is 2.11 bits per heavy atom. The Labute approximate surface area is 117 Å². The lowest BCUT2D eigenvalue weighted by Gasteiger charge is -2.34. The molecule has 19 heavy (non-hydrogen) atoms. The van der Waals surface area contributed by atoms with Gasteiger partial charge in [-0.2, -0.15) is 0 Å². The van der Waals surface area contributed by atoms with E-state index in [-0.39, 0.29) is 5.91 Å². The Morgan fingerprint density at radius 3 is 2.68 bits per heavy atom. The molecule has 1 aromatic rings. The number of piperazine rings is 1. The topological polar surface area (TPSA) is 74.5 Å². The number of amides is 1. The zero-order valence-electron chi connectivity index (χ0n) is 10.9. The summed E-state index contributed by atoms with van der Waals surface area (Å²) in [7, 11) is 0. The number of carbonyl (C=O) groups is 1. The number of anilines is 1. The van der Waals surface area contributed by atoms with Crippen molar-refractivity contribution < 1.29 is 4.79 Å². The molecule has 2 heterocycles. The van der Waals surface area contributed by atoms with E-state index in [4.69, 9.17) is 17.4 Å². The fourth-order valence-electron chi connectivity index (χ4n) is 2.11. The highest BCUT2D eigenvalue weighted by Gasteiger charge is 2.19. The fourth-order valence-corrected chi connectivity index (χ4v) is 2.27. The molecule has 7 heteroatoms. The van der Waals surface area contributed by atoms with Crippen molar-refractivity contribution in [2.45, 2.75) is 13.5 Å². The Hall–Kier alpha value is -1.37. The van der Waals surface area contributed by atoms with Gasteiger partial charge < -0.3 is 10.3 Å². The smallest absolute Gasteiger partial charge is 0.219 e. The van der Waals surface area contributed by atoms with Crippen LogP contribution in [0.15, 0.2) is 12.1 Å². The normalized spacial score (nSPS) is 16.5. The molecule has 0 bridgehead atoms. The van der Waals surface area contributed by atoms with E-state index in [2.05, 4.69) is 15.3 Å². The van der Waals surface area contributed by atoms with E-state index in [0.29, 0.717) is 17.4 Å². The molecule has 1 fully saturated rings. The summed E-state index contributed by atoms with van der Waals surface area (Å²) in [6.07, 6.45) is 0. The number of rotatable bonds is 3. The van der Waals surface area contributed by atoms with E-state index in [0.717, 1.165) is 31.9 Å². The van der Waals surface area contributed by atoms with E-state index >= 15 is 0 Å². The lowest BCUT2D eigenvalue weighted by Crippen LogP contribution is -2.47. The van der Waals surface area contributed by atoms with Crippen LogP contribution in [0.25, 0.3) is 0 Å². The minimum atomic E-state index is 0.130. The van der Waals surface area contributed by atoms with E-state index in [1.54, 1.807) is 19.1 Å². The van der Waals surface area contributed by atoms with Crippen LogP contribution in [0.3, 0.4) is 0 Å². The van der Waals surface area contributed by atoms with Gasteiger partial charge in [-0.25, -0.2) is 10.8 Å². The summed E-state index contributed by atoms with van der Waals surface area (Å²) in [6.45, 7) is 5.43. The second kappa shape index (κ2) is 6.18. The number of hydrazine groups is 1. The van der Waals surface area contributed by atoms with Gasteiger partial charge in [0.25, 0.3) is 0 Å². The van der Waals surface area contributed by atoms with Gasteiger partial charge in [0.2, 0.25) is 5.91 Å². The largest absolute Gasteiger partial charge is 0.340 e. The number of nitrogens with two attached hydrogens (primary N) is 1. The van der Waals surface area contributed by atoms with Crippen LogP contribution in [-0.4, -0.2) is 46.9 Å². The van der Waals surface area contributed by atoms with Crippen molar-refractivity contribution in [3.63, 3.8) is 0 Å². The molecule has 0 spiro atoms. The summed E-state index contributed by atoms with van der Waals surface area (Å²) in [5.74, 6) is 6.07. The van der Waals surface area contributed by atoms with Crippen molar-refractivity contribution in [2.75, 3.05) is 31.6 Å². The van der Waals surface area contributed by atoms with Crippen LogP contribution in [0.4, 0.5) is 5.82 Å². The van der Waals surface area contributed by atoms with Crippen LogP contribution in [0.1, 0.15) is 12.6 Å². The van der Waals surface area contributed by atoms with Crippen LogP contribution in [0.5, 0.6) is 0 Å². The van der Waals surface area contributed by atoms with Crippen molar-refractivity contribution in [1.29, 1.82) is 0 Å². The minimum Gasteiger partial charge on any atom is -0.340 e. The molecular weight excluding hydrogens is 266 g/mol. The van der Waals surface area contributed by atoms with Gasteiger partial charge in [-0.15, -0.1) is 0 Å². The molecule has 2 rings (SSSR count). The molecule has 104 valence electrons. The van der Waals surface area contributed by atoms with Gasteiger partial charge in [-0.3, -0.25) is 9.69 Å². The molecule has 0 unspecified atom stereocenters. The molecule has 1 aliphatic rings. The van der Waals surface area contributed by atoms with E-state index in [1.165, 1.54) is 0 Å². The Bertz CT molecular complexity index is 459. The lowest BCUT2D eigenvalue weighted by atomic mass is 10.2. The molecule has 0 radical (unpaired) electrons. The highest BCUT2D eigenvalue weighted by Crippen LogP contribution is 2.18. The Balaban J connectivity index is 1.97. The number of nitrogens with zero attached hydrogens (tertiary/aromatic N) is 3. The molecule has 1 amide bonds. The molecule has 0 aliphatic carbocycles. The van der Waals surface area contributed by atoms with Gasteiger partial charge in [0.15, 0.2) is 0 Å². The standard InChI is InChI=1S/C12H18ClN5O/c1-9(19)18-6-4-17(5-7-18)8-11-10(13)2-3-12(15-11)16-14/h2-3H,4-8,14H2,1H3,(H,15,16). The van der Waals surface area contributed by atoms with Crippen molar-refractivity contribution in [3.05, 3.63) is 22.8 Å². The highest BCUT2D eigenvalue weighted by atomic mass is 35.5. The summed E-state index contributed by atoms with van der Waals surface area (Å²) in [6, 6.07) is 3.52. The SMILES string of the molecule is CC(=O)N1CCN(Cc2nc(NN)ccc2Cl)CC1. The van der Waals surface area contributed by atoms with Gasteiger partial charge in [0, 0.05) is 39.6 Å². The fraction of sp³-hybridized carbons (Fsp3) is 0.500. The summed E-state index contributed by atoms with van der Waals surface area (Å²) in [5.41, 5.74) is 3.31. The quantitative estimate of drug-likeness (QED) is 0.630. The summed E-state index contributed by atoms with van der Waals surface area (Å²) in [4.78, 5) is 19.7. The number of nitrogens with one attached hydrogen (secondary N) is 1. The van der Waals surface area contributed by atoms with Crippen molar-refractivity contribution >= 4 is 23.3 Å². The molecule has 6 nitrogen and oxygen atoms in total. The van der Waals surface area contributed by atoms with Crippen LogP contribution >= 0.6 is 11.6 Å². The van der Waals surface area contributed by atoms with Crippen LogP contribution < -0.4 is 11.3 Å². The number of halogens is 1. The van der Waals surface area contributed by atoms with Gasteiger partial charge >= 0.3 is 0 Å². The predicted molar refractivity (Wildman–Crippen MR) is 74.6 cm³/mol. The first-order valence-corrected chi connectivity index (χ1v) is 6.58. The Morgan fingerprint density at radius 1 is 1.42 bits per heavy atom. The number of hydrogen-bond donors (Lipinski definition) is 2. The summed E-state index contributed by atoms with van der Waals surface area (Å²) < 4.78 is 0. The average Bonchev–Trinajstić information content (AvgIpc) is 2.42. The Kier molecular flexibility index (Phi) is 4.57. The monoisotopic (exact) mass is 283 g/mol. The number of pyridine rings is 1. The molecule has 0 aromatic carbocycles.